The average Bonchev–Trinajstić information content (AvgIpc) is 2.94. The number of carbonyl (C=O) groups excluding carboxylic acids is 1. The molecule has 1 N–H and O–H groups in total. The quantitative estimate of drug-likeness (QED) is 0.374. The van der Waals surface area contributed by atoms with E-state index < -0.39 is 0 Å². The second-order valence-corrected chi connectivity index (χ2v) is 8.41. The van der Waals surface area contributed by atoms with Crippen LogP contribution in [0.3, 0.4) is 0 Å². The van der Waals surface area contributed by atoms with Gasteiger partial charge in [0.05, 0.1) is 12.1 Å². The Kier molecular flexibility index (Phi) is 9.12. The summed E-state index contributed by atoms with van der Waals surface area (Å²) in [6.45, 7) is 16.4. The van der Waals surface area contributed by atoms with Gasteiger partial charge in [-0.1, -0.05) is 6.92 Å². The number of piperazine rings is 1. The van der Waals surface area contributed by atoms with Crippen LogP contribution in [0.25, 0.3) is 0 Å². The third-order valence-corrected chi connectivity index (χ3v) is 5.31. The van der Waals surface area contributed by atoms with E-state index in [-0.39, 0.29) is 41.5 Å². The van der Waals surface area contributed by atoms with Crippen molar-refractivity contribution in [3.63, 3.8) is 0 Å². The van der Waals surface area contributed by atoms with Crippen LogP contribution in [-0.2, 0) is 4.79 Å². The summed E-state index contributed by atoms with van der Waals surface area (Å²) >= 11 is 0. The van der Waals surface area contributed by atoms with E-state index in [2.05, 4.69) is 54.7 Å². The third kappa shape index (κ3) is 5.71. The monoisotopic (exact) mass is 479 g/mol. The van der Waals surface area contributed by atoms with E-state index >= 15 is 0 Å². The molecule has 0 saturated carbocycles. The van der Waals surface area contributed by atoms with E-state index in [0.717, 1.165) is 19.0 Å². The minimum Gasteiger partial charge on any atom is -0.356 e. The zero-order valence-corrected chi connectivity index (χ0v) is 19.7. The molecule has 0 aromatic rings. The van der Waals surface area contributed by atoms with Crippen molar-refractivity contribution < 1.29 is 4.79 Å². The van der Waals surface area contributed by atoms with Crippen LogP contribution in [0.1, 0.15) is 47.5 Å². The summed E-state index contributed by atoms with van der Waals surface area (Å²) in [6.07, 6.45) is 2.47. The van der Waals surface area contributed by atoms with Gasteiger partial charge in [-0.2, -0.15) is 0 Å². The van der Waals surface area contributed by atoms with Crippen molar-refractivity contribution >= 4 is 35.8 Å². The molecule has 0 spiro atoms. The van der Waals surface area contributed by atoms with Crippen LogP contribution in [0.4, 0.5) is 0 Å². The van der Waals surface area contributed by atoms with E-state index in [1.807, 2.05) is 11.9 Å². The Morgan fingerprint density at radius 1 is 1.38 bits per heavy atom. The van der Waals surface area contributed by atoms with Gasteiger partial charge in [-0.3, -0.25) is 9.79 Å². The van der Waals surface area contributed by atoms with Gasteiger partial charge in [0.1, 0.15) is 0 Å². The molecule has 0 aliphatic carbocycles. The molecule has 0 radical (unpaired) electrons. The Morgan fingerprint density at radius 2 is 2.08 bits per heavy atom. The van der Waals surface area contributed by atoms with Gasteiger partial charge < -0.3 is 20.0 Å². The summed E-state index contributed by atoms with van der Waals surface area (Å²) < 4.78 is 0. The van der Waals surface area contributed by atoms with Crippen molar-refractivity contribution in [1.29, 1.82) is 0 Å². The number of hydrogen-bond acceptors (Lipinski definition) is 3. The van der Waals surface area contributed by atoms with Gasteiger partial charge in [-0.15, -0.1) is 24.0 Å². The summed E-state index contributed by atoms with van der Waals surface area (Å²) in [7, 11) is 1.81. The highest BCUT2D eigenvalue weighted by molar-refractivity contribution is 14.0. The molecule has 2 fully saturated rings. The second-order valence-electron chi connectivity index (χ2n) is 8.41. The van der Waals surface area contributed by atoms with E-state index in [1.54, 1.807) is 0 Å². The number of likely N-dealkylation sites (tertiary alicyclic amines) is 1. The number of guanidine groups is 1. The lowest BCUT2D eigenvalue weighted by Crippen LogP contribution is -2.66. The Balaban J connectivity index is 0.00000338. The zero-order chi connectivity index (χ0) is 18.6. The number of nitrogens with zero attached hydrogens (tertiary/aromatic N) is 4. The molecule has 0 aromatic carbocycles. The first-order chi connectivity index (χ1) is 11.8. The lowest BCUT2D eigenvalue weighted by molar-refractivity contribution is -0.145. The fourth-order valence-corrected chi connectivity index (χ4v) is 4.48. The minimum absolute atomic E-state index is 0. The molecule has 6 nitrogen and oxygen atoms in total. The van der Waals surface area contributed by atoms with Gasteiger partial charge in [0.25, 0.3) is 0 Å². The van der Waals surface area contributed by atoms with Crippen LogP contribution in [0, 0.1) is 5.92 Å². The Bertz CT molecular complexity index is 494. The third-order valence-electron chi connectivity index (χ3n) is 5.31. The molecule has 1 atom stereocenters. The molecule has 152 valence electrons. The number of halogens is 1. The molecule has 2 heterocycles. The predicted molar refractivity (Wildman–Crippen MR) is 119 cm³/mol. The van der Waals surface area contributed by atoms with E-state index in [9.17, 15) is 4.79 Å². The van der Waals surface area contributed by atoms with Gasteiger partial charge in [-0.05, 0) is 59.5 Å². The van der Waals surface area contributed by atoms with Crippen molar-refractivity contribution in [3.05, 3.63) is 0 Å². The fraction of sp³-hybridized carbons (Fsp3) is 0.895. The van der Waals surface area contributed by atoms with E-state index in [4.69, 9.17) is 0 Å². The highest BCUT2D eigenvalue weighted by Gasteiger charge is 2.40. The van der Waals surface area contributed by atoms with Crippen LogP contribution < -0.4 is 5.32 Å². The molecule has 2 aliphatic rings. The number of aliphatic imine (C=N–C) groups is 1. The second kappa shape index (κ2) is 10.1. The number of rotatable bonds is 5. The van der Waals surface area contributed by atoms with Crippen LogP contribution in [0.5, 0.6) is 0 Å². The Morgan fingerprint density at radius 3 is 2.62 bits per heavy atom. The topological polar surface area (TPSA) is 51.2 Å². The zero-order valence-electron chi connectivity index (χ0n) is 17.4. The van der Waals surface area contributed by atoms with E-state index in [1.165, 1.54) is 32.5 Å². The smallest absolute Gasteiger partial charge is 0.242 e. The number of hydrogen-bond donors (Lipinski definition) is 1. The molecular formula is C19H38IN5O. The van der Waals surface area contributed by atoms with Crippen molar-refractivity contribution in [2.24, 2.45) is 10.9 Å². The van der Waals surface area contributed by atoms with Crippen LogP contribution in [0.2, 0.25) is 0 Å². The predicted octanol–water partition coefficient (Wildman–Crippen LogP) is 2.24. The van der Waals surface area contributed by atoms with Gasteiger partial charge in [0.2, 0.25) is 5.91 Å². The highest BCUT2D eigenvalue weighted by atomic mass is 127. The van der Waals surface area contributed by atoms with Crippen LogP contribution in [-0.4, -0.2) is 84.5 Å². The first-order valence-corrected chi connectivity index (χ1v) is 9.78. The number of amides is 1. The maximum absolute atomic E-state index is 12.7. The number of carbonyl (C=O) groups is 1. The first-order valence-electron chi connectivity index (χ1n) is 9.78. The van der Waals surface area contributed by atoms with Crippen molar-refractivity contribution in [1.82, 2.24) is 20.0 Å². The molecule has 1 amide bonds. The van der Waals surface area contributed by atoms with Gasteiger partial charge in [0, 0.05) is 32.7 Å². The summed E-state index contributed by atoms with van der Waals surface area (Å²) in [5.41, 5.74) is -0.188. The van der Waals surface area contributed by atoms with Crippen LogP contribution in [0.15, 0.2) is 4.99 Å². The molecule has 2 rings (SSSR count). The molecule has 2 saturated heterocycles. The van der Waals surface area contributed by atoms with E-state index in [0.29, 0.717) is 12.5 Å². The van der Waals surface area contributed by atoms with Crippen molar-refractivity contribution in [2.75, 3.05) is 46.3 Å². The average molecular weight is 479 g/mol. The highest BCUT2D eigenvalue weighted by Crippen LogP contribution is 2.24. The standard InChI is InChI=1S/C19H37N5O.HI/c1-7-9-22-10-8-16(12-22)11-21-18(20-6)23-13-17(25)24(15(2)3)19(4,5)14-23;/h15-16H,7-14H2,1-6H3,(H,20,21);1H. The van der Waals surface area contributed by atoms with Gasteiger partial charge in [-0.25, -0.2) is 0 Å². The fourth-order valence-electron chi connectivity index (χ4n) is 4.48. The maximum atomic E-state index is 12.7. The molecule has 1 unspecified atom stereocenters. The molecule has 2 aliphatic heterocycles. The van der Waals surface area contributed by atoms with Crippen LogP contribution >= 0.6 is 24.0 Å². The minimum atomic E-state index is -0.188. The summed E-state index contributed by atoms with van der Waals surface area (Å²) in [5, 5.41) is 3.52. The largest absolute Gasteiger partial charge is 0.356 e. The molecule has 26 heavy (non-hydrogen) atoms. The Labute approximate surface area is 176 Å². The molecule has 7 heteroatoms. The van der Waals surface area contributed by atoms with Gasteiger partial charge >= 0.3 is 0 Å². The maximum Gasteiger partial charge on any atom is 0.242 e. The normalized spacial score (nSPS) is 24.2. The summed E-state index contributed by atoms with van der Waals surface area (Å²) in [5.74, 6) is 1.71. The lowest BCUT2D eigenvalue weighted by atomic mass is 9.96. The lowest BCUT2D eigenvalue weighted by Gasteiger charge is -2.49. The first kappa shape index (κ1) is 23.5. The molecular weight excluding hydrogens is 441 g/mol. The Hall–Kier alpha value is -0.570. The molecule has 0 aromatic heterocycles. The van der Waals surface area contributed by atoms with Crippen molar-refractivity contribution in [3.8, 4) is 0 Å². The number of nitrogens with one attached hydrogen (secondary N) is 1. The SMILES string of the molecule is CCCN1CCC(CNC(=NC)N2CC(=O)N(C(C)C)C(C)(C)C2)C1.I. The summed E-state index contributed by atoms with van der Waals surface area (Å²) in [6, 6.07) is 0.225. The summed E-state index contributed by atoms with van der Waals surface area (Å²) in [4.78, 5) is 23.8. The molecule has 0 bridgehead atoms. The van der Waals surface area contributed by atoms with Crippen molar-refractivity contribution in [2.45, 2.75) is 59.0 Å². The van der Waals surface area contributed by atoms with Gasteiger partial charge in [0.15, 0.2) is 5.96 Å².